The van der Waals surface area contributed by atoms with Crippen LogP contribution in [0.15, 0.2) is 18.3 Å². The number of carbonyl (C=O) groups is 1. The normalized spacial score (nSPS) is 19.2. The van der Waals surface area contributed by atoms with Crippen molar-refractivity contribution in [3.05, 3.63) is 24.0 Å². The van der Waals surface area contributed by atoms with E-state index < -0.39 is 0 Å². The van der Waals surface area contributed by atoms with Gasteiger partial charge in [0.15, 0.2) is 0 Å². The van der Waals surface area contributed by atoms with Crippen LogP contribution in [0.25, 0.3) is 0 Å². The molecule has 1 aromatic heterocycles. The molecule has 1 aliphatic rings. The molecule has 2 rings (SSSR count). The van der Waals surface area contributed by atoms with Gasteiger partial charge in [-0.1, -0.05) is 0 Å². The fraction of sp³-hybridized carbons (Fsp3) is 0.500. The summed E-state index contributed by atoms with van der Waals surface area (Å²) in [5, 5.41) is 2.90. The maximum absolute atomic E-state index is 11.6. The number of carbonyl (C=O) groups excluding carboxylic acids is 1. The van der Waals surface area contributed by atoms with E-state index in [-0.39, 0.29) is 5.91 Å². The number of hydrogen-bond donors (Lipinski definition) is 2. The van der Waals surface area contributed by atoms with Crippen LogP contribution in [-0.2, 0) is 16.0 Å². The minimum absolute atomic E-state index is 0.00540. The lowest BCUT2D eigenvalue weighted by molar-refractivity contribution is -0.120. The number of nitrogens with two attached hydrogens (primary N) is 1. The largest absolute Gasteiger partial charge is 0.397 e. The van der Waals surface area contributed by atoms with Gasteiger partial charge < -0.3 is 15.8 Å². The lowest BCUT2D eigenvalue weighted by Gasteiger charge is -2.09. The zero-order valence-electron chi connectivity index (χ0n) is 9.69. The smallest absolute Gasteiger partial charge is 0.226 e. The summed E-state index contributed by atoms with van der Waals surface area (Å²) in [4.78, 5) is 15.7. The molecule has 92 valence electrons. The molecule has 2 heterocycles. The molecule has 0 aromatic carbocycles. The predicted octanol–water partition coefficient (Wildman–Crippen LogP) is 0.359. The highest BCUT2D eigenvalue weighted by Gasteiger charge is 2.16. The Morgan fingerprint density at radius 1 is 1.59 bits per heavy atom. The Labute approximate surface area is 100 Å². The van der Waals surface area contributed by atoms with E-state index in [9.17, 15) is 4.79 Å². The molecule has 1 saturated heterocycles. The van der Waals surface area contributed by atoms with Gasteiger partial charge in [-0.3, -0.25) is 9.78 Å². The van der Waals surface area contributed by atoms with Crippen LogP contribution in [0.2, 0.25) is 0 Å². The summed E-state index contributed by atoms with van der Waals surface area (Å²) in [6.45, 7) is 2.24. The third kappa shape index (κ3) is 3.71. The van der Waals surface area contributed by atoms with Gasteiger partial charge in [0.05, 0.1) is 24.9 Å². The van der Waals surface area contributed by atoms with E-state index in [1.807, 2.05) is 0 Å². The second kappa shape index (κ2) is 5.63. The summed E-state index contributed by atoms with van der Waals surface area (Å²) in [7, 11) is 0. The molecular weight excluding hydrogens is 218 g/mol. The zero-order chi connectivity index (χ0) is 12.1. The quantitative estimate of drug-likeness (QED) is 0.790. The summed E-state index contributed by atoms with van der Waals surface area (Å²) in [5.41, 5.74) is 6.87. The Morgan fingerprint density at radius 2 is 2.47 bits per heavy atom. The monoisotopic (exact) mass is 235 g/mol. The van der Waals surface area contributed by atoms with E-state index in [1.54, 1.807) is 18.3 Å². The number of nitrogen functional groups attached to an aromatic ring is 1. The molecule has 0 bridgehead atoms. The van der Waals surface area contributed by atoms with Crippen LogP contribution in [0.5, 0.6) is 0 Å². The number of rotatable bonds is 4. The number of nitrogens with one attached hydrogen (secondary N) is 1. The Balaban J connectivity index is 1.74. The first-order valence-electron chi connectivity index (χ1n) is 5.79. The topological polar surface area (TPSA) is 77.2 Å². The van der Waals surface area contributed by atoms with Gasteiger partial charge in [0.2, 0.25) is 5.91 Å². The molecule has 17 heavy (non-hydrogen) atoms. The molecule has 0 aliphatic carbocycles. The van der Waals surface area contributed by atoms with Crippen LogP contribution in [0, 0.1) is 5.92 Å². The molecule has 1 atom stereocenters. The summed E-state index contributed by atoms with van der Waals surface area (Å²) in [6.07, 6.45) is 2.89. The molecule has 1 aliphatic heterocycles. The summed E-state index contributed by atoms with van der Waals surface area (Å²) in [6, 6.07) is 3.52. The lowest BCUT2D eigenvalue weighted by atomic mass is 10.1. The maximum Gasteiger partial charge on any atom is 0.226 e. The van der Waals surface area contributed by atoms with Crippen LogP contribution in [0.3, 0.4) is 0 Å². The average molecular weight is 235 g/mol. The standard InChI is InChI=1S/C12H17N3O2/c13-10-1-2-11(14-7-10)5-12(16)15-6-9-3-4-17-8-9/h1-2,7,9H,3-6,8,13H2,(H,15,16). The van der Waals surface area contributed by atoms with Gasteiger partial charge in [-0.05, 0) is 18.6 Å². The number of hydrogen-bond acceptors (Lipinski definition) is 4. The summed E-state index contributed by atoms with van der Waals surface area (Å²) >= 11 is 0. The SMILES string of the molecule is Nc1ccc(CC(=O)NCC2CCOC2)nc1. The van der Waals surface area contributed by atoms with E-state index in [4.69, 9.17) is 10.5 Å². The molecule has 1 amide bonds. The van der Waals surface area contributed by atoms with E-state index in [2.05, 4.69) is 10.3 Å². The van der Waals surface area contributed by atoms with Gasteiger partial charge in [0, 0.05) is 24.8 Å². The average Bonchev–Trinajstić information content (AvgIpc) is 2.83. The zero-order valence-corrected chi connectivity index (χ0v) is 9.69. The van der Waals surface area contributed by atoms with Crippen molar-refractivity contribution in [1.82, 2.24) is 10.3 Å². The van der Waals surface area contributed by atoms with Crippen molar-refractivity contribution >= 4 is 11.6 Å². The van der Waals surface area contributed by atoms with Crippen molar-refractivity contribution in [3.8, 4) is 0 Å². The molecule has 1 aromatic rings. The van der Waals surface area contributed by atoms with Crippen LogP contribution in [0.4, 0.5) is 5.69 Å². The third-order valence-electron chi connectivity index (χ3n) is 2.80. The third-order valence-corrected chi connectivity index (χ3v) is 2.80. The second-order valence-corrected chi connectivity index (χ2v) is 4.29. The van der Waals surface area contributed by atoms with Crippen molar-refractivity contribution in [2.24, 2.45) is 5.92 Å². The Bertz CT molecular complexity index is 372. The molecule has 1 fully saturated rings. The minimum atomic E-state index is -0.00540. The van der Waals surface area contributed by atoms with E-state index in [0.29, 0.717) is 24.6 Å². The Hall–Kier alpha value is -1.62. The Morgan fingerprint density at radius 3 is 3.12 bits per heavy atom. The van der Waals surface area contributed by atoms with Crippen molar-refractivity contribution < 1.29 is 9.53 Å². The molecule has 5 heteroatoms. The van der Waals surface area contributed by atoms with Gasteiger partial charge >= 0.3 is 0 Å². The van der Waals surface area contributed by atoms with E-state index in [1.165, 1.54) is 0 Å². The summed E-state index contributed by atoms with van der Waals surface area (Å²) < 4.78 is 5.24. The van der Waals surface area contributed by atoms with Gasteiger partial charge in [-0.15, -0.1) is 0 Å². The molecule has 3 N–H and O–H groups in total. The van der Waals surface area contributed by atoms with Crippen LogP contribution >= 0.6 is 0 Å². The van der Waals surface area contributed by atoms with E-state index in [0.717, 1.165) is 25.3 Å². The second-order valence-electron chi connectivity index (χ2n) is 4.29. The predicted molar refractivity (Wildman–Crippen MR) is 64.3 cm³/mol. The van der Waals surface area contributed by atoms with Crippen LogP contribution in [-0.4, -0.2) is 30.6 Å². The first-order valence-corrected chi connectivity index (χ1v) is 5.79. The summed E-state index contributed by atoms with van der Waals surface area (Å²) in [5.74, 6) is 0.451. The molecule has 0 saturated carbocycles. The van der Waals surface area contributed by atoms with Crippen molar-refractivity contribution in [3.63, 3.8) is 0 Å². The minimum Gasteiger partial charge on any atom is -0.397 e. The highest BCUT2D eigenvalue weighted by Crippen LogP contribution is 2.10. The molecule has 1 unspecified atom stereocenters. The fourth-order valence-electron chi connectivity index (χ4n) is 1.77. The number of pyridine rings is 1. The van der Waals surface area contributed by atoms with Gasteiger partial charge in [0.25, 0.3) is 0 Å². The van der Waals surface area contributed by atoms with Crippen LogP contribution in [0.1, 0.15) is 12.1 Å². The molecule has 0 radical (unpaired) electrons. The number of nitrogens with zero attached hydrogens (tertiary/aromatic N) is 1. The van der Waals surface area contributed by atoms with Gasteiger partial charge in [-0.2, -0.15) is 0 Å². The van der Waals surface area contributed by atoms with Gasteiger partial charge in [-0.25, -0.2) is 0 Å². The van der Waals surface area contributed by atoms with Crippen molar-refractivity contribution in [1.29, 1.82) is 0 Å². The lowest BCUT2D eigenvalue weighted by Crippen LogP contribution is -2.30. The van der Waals surface area contributed by atoms with E-state index >= 15 is 0 Å². The molecular formula is C12H17N3O2. The molecule has 5 nitrogen and oxygen atoms in total. The van der Waals surface area contributed by atoms with Crippen molar-refractivity contribution in [2.45, 2.75) is 12.8 Å². The highest BCUT2D eigenvalue weighted by molar-refractivity contribution is 5.78. The van der Waals surface area contributed by atoms with Gasteiger partial charge in [0.1, 0.15) is 0 Å². The number of ether oxygens (including phenoxy) is 1. The molecule has 0 spiro atoms. The first kappa shape index (κ1) is 11.9. The number of amides is 1. The van der Waals surface area contributed by atoms with Crippen molar-refractivity contribution in [2.75, 3.05) is 25.5 Å². The fourth-order valence-corrected chi connectivity index (χ4v) is 1.77. The number of anilines is 1. The maximum atomic E-state index is 11.6. The number of aromatic nitrogens is 1. The highest BCUT2D eigenvalue weighted by atomic mass is 16.5. The first-order chi connectivity index (χ1) is 8.24. The Kier molecular flexibility index (Phi) is 3.93. The van der Waals surface area contributed by atoms with Crippen LogP contribution < -0.4 is 11.1 Å².